The molecule has 1 amide bonds. The average molecular weight is 498 g/mol. The first-order chi connectivity index (χ1) is 16.6. The Hall–Kier alpha value is -2.86. The molecule has 0 radical (unpaired) electrons. The Morgan fingerprint density at radius 3 is 1.89 bits per heavy atom. The van der Waals surface area contributed by atoms with E-state index in [0.717, 1.165) is 40.8 Å². The number of amides is 1. The van der Waals surface area contributed by atoms with E-state index < -0.39 is 23.5 Å². The third-order valence-electron chi connectivity index (χ3n) is 7.32. The van der Waals surface area contributed by atoms with Gasteiger partial charge in [0, 0.05) is 11.0 Å². The molecule has 3 N–H and O–H groups in total. The second-order valence-corrected chi connectivity index (χ2v) is 11.4. The number of benzene rings is 2. The van der Waals surface area contributed by atoms with E-state index in [0.29, 0.717) is 5.56 Å². The molecule has 0 bridgehead atoms. The van der Waals surface area contributed by atoms with Crippen molar-refractivity contribution in [1.82, 2.24) is 5.32 Å². The van der Waals surface area contributed by atoms with Crippen molar-refractivity contribution in [2.75, 3.05) is 6.61 Å². The van der Waals surface area contributed by atoms with Gasteiger partial charge in [0.1, 0.15) is 17.9 Å². The first kappa shape index (κ1) is 29.4. The van der Waals surface area contributed by atoms with Crippen LogP contribution >= 0.6 is 0 Å². The van der Waals surface area contributed by atoms with Crippen LogP contribution in [0.25, 0.3) is 0 Å². The molecule has 1 unspecified atom stereocenters. The summed E-state index contributed by atoms with van der Waals surface area (Å²) in [6, 6.07) is 12.0. The van der Waals surface area contributed by atoms with Crippen molar-refractivity contribution >= 4 is 11.9 Å². The Balaban J connectivity index is 2.38. The van der Waals surface area contributed by atoms with Crippen molar-refractivity contribution in [3.05, 3.63) is 64.2 Å². The lowest BCUT2D eigenvalue weighted by Gasteiger charge is -2.34. The Morgan fingerprint density at radius 1 is 0.917 bits per heavy atom. The number of aliphatic hydroxyl groups excluding tert-OH is 1. The van der Waals surface area contributed by atoms with Gasteiger partial charge in [-0.15, -0.1) is 0 Å². The lowest BCUT2D eigenvalue weighted by atomic mass is 9.70. The van der Waals surface area contributed by atoms with Crippen LogP contribution in [0, 0.1) is 19.3 Å². The average Bonchev–Trinajstić information content (AvgIpc) is 2.78. The van der Waals surface area contributed by atoms with Crippen molar-refractivity contribution in [2.24, 2.45) is 5.41 Å². The van der Waals surface area contributed by atoms with Crippen LogP contribution in [-0.4, -0.2) is 40.3 Å². The highest BCUT2D eigenvalue weighted by Gasteiger charge is 2.33. The standard InChI is InChI=1S/C30H43NO5/c1-10-30(11-2,22-13-15-24(20(4)17-22)36-18-25(32)28(5,6)7)21-12-14-23(19(3)16-21)26(33)31-29(8,9)27(34)35/h12-17,25,32H,10-11,18H2,1-9H3,(H,31,33)(H,34,35). The zero-order valence-electron chi connectivity index (χ0n) is 23.3. The van der Waals surface area contributed by atoms with Gasteiger partial charge in [-0.1, -0.05) is 58.9 Å². The van der Waals surface area contributed by atoms with E-state index in [2.05, 4.69) is 31.3 Å². The Bertz CT molecular complexity index is 1090. The fourth-order valence-corrected chi connectivity index (χ4v) is 4.38. The molecule has 0 fully saturated rings. The van der Waals surface area contributed by atoms with Crippen LogP contribution in [0.1, 0.15) is 93.9 Å². The molecule has 36 heavy (non-hydrogen) atoms. The number of aliphatic hydroxyl groups is 1. The Labute approximate surface area is 216 Å². The van der Waals surface area contributed by atoms with E-state index >= 15 is 0 Å². The summed E-state index contributed by atoms with van der Waals surface area (Å²) in [7, 11) is 0. The monoisotopic (exact) mass is 497 g/mol. The van der Waals surface area contributed by atoms with Gasteiger partial charge in [-0.05, 0) is 80.3 Å². The number of aliphatic carboxylic acids is 1. The minimum absolute atomic E-state index is 0.234. The fourth-order valence-electron chi connectivity index (χ4n) is 4.38. The molecule has 6 nitrogen and oxygen atoms in total. The van der Waals surface area contributed by atoms with E-state index in [1.165, 1.54) is 13.8 Å². The maximum atomic E-state index is 12.8. The number of carbonyl (C=O) groups excluding carboxylic acids is 1. The lowest BCUT2D eigenvalue weighted by Crippen LogP contribution is -2.49. The predicted molar refractivity (Wildman–Crippen MR) is 144 cm³/mol. The second kappa shape index (κ2) is 11.0. The normalized spacial score (nSPS) is 13.3. The second-order valence-electron chi connectivity index (χ2n) is 11.4. The molecule has 1 atom stereocenters. The largest absolute Gasteiger partial charge is 0.491 e. The van der Waals surface area contributed by atoms with Crippen molar-refractivity contribution in [3.63, 3.8) is 0 Å². The SMILES string of the molecule is CCC(CC)(c1ccc(OCC(O)C(C)(C)C)c(C)c1)c1ccc(C(=O)NC(C)(C)C(=O)O)c(C)c1. The number of hydrogen-bond acceptors (Lipinski definition) is 4. The molecule has 6 heteroatoms. The molecule has 0 heterocycles. The van der Waals surface area contributed by atoms with E-state index in [-0.39, 0.29) is 17.4 Å². The summed E-state index contributed by atoms with van der Waals surface area (Å²) in [5.74, 6) is -0.732. The maximum absolute atomic E-state index is 12.8. The number of carbonyl (C=O) groups is 2. The molecule has 2 aromatic carbocycles. The van der Waals surface area contributed by atoms with Gasteiger partial charge in [-0.25, -0.2) is 4.79 Å². The lowest BCUT2D eigenvalue weighted by molar-refractivity contribution is -0.143. The quantitative estimate of drug-likeness (QED) is 0.386. The number of hydrogen-bond donors (Lipinski definition) is 3. The highest BCUT2D eigenvalue weighted by atomic mass is 16.5. The minimum atomic E-state index is -1.36. The van der Waals surface area contributed by atoms with E-state index in [9.17, 15) is 19.8 Å². The molecule has 0 aliphatic rings. The first-order valence-corrected chi connectivity index (χ1v) is 12.7. The van der Waals surface area contributed by atoms with E-state index in [1.807, 2.05) is 52.8 Å². The third kappa shape index (κ3) is 6.28. The summed E-state index contributed by atoms with van der Waals surface area (Å²) in [5.41, 5.74) is 2.67. The van der Waals surface area contributed by atoms with Crippen LogP contribution in [0.2, 0.25) is 0 Å². The number of nitrogens with one attached hydrogen (secondary N) is 1. The Kier molecular flexibility index (Phi) is 9.00. The number of ether oxygens (including phenoxy) is 1. The van der Waals surface area contributed by atoms with Crippen LogP contribution in [-0.2, 0) is 10.2 Å². The zero-order valence-corrected chi connectivity index (χ0v) is 23.3. The van der Waals surface area contributed by atoms with Gasteiger partial charge in [-0.2, -0.15) is 0 Å². The third-order valence-corrected chi connectivity index (χ3v) is 7.32. The molecule has 198 valence electrons. The molecule has 0 aliphatic carbocycles. The summed E-state index contributed by atoms with van der Waals surface area (Å²) >= 11 is 0. The van der Waals surface area contributed by atoms with E-state index in [4.69, 9.17) is 4.74 Å². The van der Waals surface area contributed by atoms with Crippen molar-refractivity contribution in [3.8, 4) is 5.75 Å². The highest BCUT2D eigenvalue weighted by molar-refractivity contribution is 5.98. The van der Waals surface area contributed by atoms with Crippen LogP contribution in [0.5, 0.6) is 5.75 Å². The first-order valence-electron chi connectivity index (χ1n) is 12.7. The maximum Gasteiger partial charge on any atom is 0.328 e. The van der Waals surface area contributed by atoms with Crippen LogP contribution in [0.15, 0.2) is 36.4 Å². The predicted octanol–water partition coefficient (Wildman–Crippen LogP) is 5.79. The van der Waals surface area contributed by atoms with Crippen molar-refractivity contribution in [2.45, 2.75) is 92.2 Å². The van der Waals surface area contributed by atoms with Gasteiger partial charge in [0.25, 0.3) is 5.91 Å². The molecule has 0 saturated heterocycles. The topological polar surface area (TPSA) is 95.9 Å². The number of carboxylic acid groups (broad SMARTS) is 1. The van der Waals surface area contributed by atoms with Crippen LogP contribution < -0.4 is 10.1 Å². The number of rotatable bonds is 10. The van der Waals surface area contributed by atoms with Crippen LogP contribution in [0.4, 0.5) is 0 Å². The minimum Gasteiger partial charge on any atom is -0.491 e. The van der Waals surface area contributed by atoms with Crippen molar-refractivity contribution < 1.29 is 24.5 Å². The molecule has 0 saturated carbocycles. The molecule has 0 aromatic heterocycles. The summed E-state index contributed by atoms with van der Waals surface area (Å²) in [6.07, 6.45) is 1.16. The summed E-state index contributed by atoms with van der Waals surface area (Å²) in [6.45, 7) is 17.3. The summed E-state index contributed by atoms with van der Waals surface area (Å²) in [5, 5.41) is 22.3. The van der Waals surface area contributed by atoms with Gasteiger partial charge < -0.3 is 20.3 Å². The van der Waals surface area contributed by atoms with E-state index in [1.54, 1.807) is 6.07 Å². The van der Waals surface area contributed by atoms with Crippen molar-refractivity contribution in [1.29, 1.82) is 0 Å². The van der Waals surface area contributed by atoms with Gasteiger partial charge in [0.05, 0.1) is 6.10 Å². The summed E-state index contributed by atoms with van der Waals surface area (Å²) in [4.78, 5) is 24.2. The van der Waals surface area contributed by atoms with Gasteiger partial charge in [-0.3, -0.25) is 4.79 Å². The smallest absolute Gasteiger partial charge is 0.328 e. The Morgan fingerprint density at radius 2 is 1.44 bits per heavy atom. The molecule has 2 rings (SSSR count). The van der Waals surface area contributed by atoms with Gasteiger partial charge in [0.15, 0.2) is 0 Å². The molecular weight excluding hydrogens is 454 g/mol. The van der Waals surface area contributed by atoms with Gasteiger partial charge >= 0.3 is 5.97 Å². The van der Waals surface area contributed by atoms with Crippen LogP contribution in [0.3, 0.4) is 0 Å². The highest BCUT2D eigenvalue weighted by Crippen LogP contribution is 2.41. The molecule has 2 aromatic rings. The summed E-state index contributed by atoms with van der Waals surface area (Å²) < 4.78 is 5.95. The number of carboxylic acids is 1. The molecular formula is C30H43NO5. The molecule has 0 aliphatic heterocycles. The zero-order chi connectivity index (χ0) is 27.5. The van der Waals surface area contributed by atoms with Gasteiger partial charge in [0.2, 0.25) is 0 Å². The number of aryl methyl sites for hydroxylation is 2. The fraction of sp³-hybridized carbons (Fsp3) is 0.533. The molecule has 0 spiro atoms.